The molecule has 0 aromatic heterocycles. The van der Waals surface area contributed by atoms with Crippen molar-refractivity contribution in [2.75, 3.05) is 42.1 Å². The number of nitrogens with one attached hydrogen (secondary N) is 1. The Labute approximate surface area is 159 Å². The minimum atomic E-state index is -3.51. The third-order valence-electron chi connectivity index (χ3n) is 4.37. The molecule has 2 aromatic rings. The summed E-state index contributed by atoms with van der Waals surface area (Å²) in [5, 5.41) is 2.83. The maximum absolute atomic E-state index is 12.5. The molecule has 1 amide bonds. The summed E-state index contributed by atoms with van der Waals surface area (Å²) in [6.45, 7) is 0.996. The largest absolute Gasteiger partial charge is 0.476 e. The van der Waals surface area contributed by atoms with E-state index in [2.05, 4.69) is 5.32 Å². The minimum absolute atomic E-state index is 0.0454. The van der Waals surface area contributed by atoms with Crippen LogP contribution in [0.3, 0.4) is 0 Å². The van der Waals surface area contributed by atoms with Gasteiger partial charge in [-0.2, -0.15) is 0 Å². The molecule has 1 unspecified atom stereocenters. The number of hydrogen-bond donors (Lipinski definition) is 1. The fraction of sp³-hybridized carbons (Fsp3) is 0.316. The van der Waals surface area contributed by atoms with Crippen LogP contribution in [-0.4, -0.2) is 53.4 Å². The number of carbonyl (C=O) groups is 1. The van der Waals surface area contributed by atoms with Crippen LogP contribution in [0.4, 0.5) is 11.4 Å². The Kier molecular flexibility index (Phi) is 5.55. The molecular formula is C19H23N3O4S. The number of likely N-dealkylation sites (N-methyl/N-ethyl adjacent to an activating group) is 1. The zero-order chi connectivity index (χ0) is 19.4. The smallest absolute Gasteiger partial charge is 0.263 e. The first-order chi connectivity index (χ1) is 12.9. The second kappa shape index (κ2) is 7.87. The topological polar surface area (TPSA) is 79.0 Å². The Morgan fingerprint density at radius 2 is 1.85 bits per heavy atom. The van der Waals surface area contributed by atoms with Gasteiger partial charge in [-0.15, -0.1) is 0 Å². The molecule has 1 N–H and O–H groups in total. The summed E-state index contributed by atoms with van der Waals surface area (Å²) < 4.78 is 31.2. The number of benzene rings is 2. The van der Waals surface area contributed by atoms with Crippen molar-refractivity contribution in [3.05, 3.63) is 54.6 Å². The number of ether oxygens (including phenoxy) is 1. The van der Waals surface area contributed by atoms with E-state index in [1.54, 1.807) is 24.3 Å². The molecule has 1 atom stereocenters. The van der Waals surface area contributed by atoms with E-state index in [0.717, 1.165) is 11.9 Å². The first-order valence-corrected chi connectivity index (χ1v) is 10.5. The minimum Gasteiger partial charge on any atom is -0.476 e. The number of amides is 1. The van der Waals surface area contributed by atoms with Gasteiger partial charge in [0.15, 0.2) is 6.10 Å². The molecule has 27 heavy (non-hydrogen) atoms. The van der Waals surface area contributed by atoms with Crippen LogP contribution >= 0.6 is 0 Å². The third-order valence-corrected chi connectivity index (χ3v) is 5.52. The van der Waals surface area contributed by atoms with E-state index in [9.17, 15) is 13.2 Å². The molecule has 1 aliphatic rings. The van der Waals surface area contributed by atoms with Crippen LogP contribution in [0.1, 0.15) is 0 Å². The predicted molar refractivity (Wildman–Crippen MR) is 106 cm³/mol. The highest BCUT2D eigenvalue weighted by Crippen LogP contribution is 2.34. The lowest BCUT2D eigenvalue weighted by atomic mass is 10.2. The highest BCUT2D eigenvalue weighted by molar-refractivity contribution is 7.92. The standard InChI is InChI=1S/C19H23N3O4S/c1-21(15-8-4-3-5-9-15)13-12-20-19(23)18-14-22(27(2,24)25)16-10-6-7-11-17(16)26-18/h3-11,18H,12-14H2,1-2H3,(H,20,23). The molecule has 0 bridgehead atoms. The molecule has 144 valence electrons. The third kappa shape index (κ3) is 4.51. The number of para-hydroxylation sites is 3. The van der Waals surface area contributed by atoms with Gasteiger partial charge >= 0.3 is 0 Å². The van der Waals surface area contributed by atoms with Crippen molar-refractivity contribution in [1.29, 1.82) is 0 Å². The normalized spacial score (nSPS) is 16.2. The summed E-state index contributed by atoms with van der Waals surface area (Å²) in [7, 11) is -1.57. The number of nitrogens with zero attached hydrogens (tertiary/aromatic N) is 2. The van der Waals surface area contributed by atoms with Gasteiger partial charge in [0.25, 0.3) is 5.91 Å². The van der Waals surface area contributed by atoms with Gasteiger partial charge in [0, 0.05) is 25.8 Å². The Morgan fingerprint density at radius 1 is 1.19 bits per heavy atom. The molecule has 0 fully saturated rings. The molecule has 7 nitrogen and oxygen atoms in total. The highest BCUT2D eigenvalue weighted by Gasteiger charge is 2.34. The van der Waals surface area contributed by atoms with Gasteiger partial charge in [0.1, 0.15) is 5.75 Å². The second-order valence-electron chi connectivity index (χ2n) is 6.42. The molecule has 1 aliphatic heterocycles. The molecule has 0 saturated carbocycles. The molecule has 1 heterocycles. The van der Waals surface area contributed by atoms with Gasteiger partial charge < -0.3 is 15.0 Å². The lowest BCUT2D eigenvalue weighted by Gasteiger charge is -2.34. The monoisotopic (exact) mass is 389 g/mol. The Hall–Kier alpha value is -2.74. The van der Waals surface area contributed by atoms with E-state index in [0.29, 0.717) is 24.5 Å². The maximum atomic E-state index is 12.5. The first kappa shape index (κ1) is 19.0. The number of sulfonamides is 1. The summed E-state index contributed by atoms with van der Waals surface area (Å²) >= 11 is 0. The SMILES string of the molecule is CN(CCNC(=O)C1CN(S(C)(=O)=O)c2ccccc2O1)c1ccccc1. The maximum Gasteiger partial charge on any atom is 0.263 e. The molecule has 3 rings (SSSR count). The number of fused-ring (bicyclic) bond motifs is 1. The second-order valence-corrected chi connectivity index (χ2v) is 8.32. The predicted octanol–water partition coefficient (Wildman–Crippen LogP) is 1.47. The molecular weight excluding hydrogens is 366 g/mol. The van der Waals surface area contributed by atoms with Crippen LogP contribution in [0.2, 0.25) is 0 Å². The van der Waals surface area contributed by atoms with Crippen molar-refractivity contribution >= 4 is 27.3 Å². The van der Waals surface area contributed by atoms with Gasteiger partial charge in [-0.1, -0.05) is 30.3 Å². The zero-order valence-corrected chi connectivity index (χ0v) is 16.1. The highest BCUT2D eigenvalue weighted by atomic mass is 32.2. The summed E-state index contributed by atoms with van der Waals surface area (Å²) in [5.74, 6) is 0.0512. The molecule has 0 radical (unpaired) electrons. The summed E-state index contributed by atoms with van der Waals surface area (Å²) in [5.41, 5.74) is 1.51. The van der Waals surface area contributed by atoms with Crippen molar-refractivity contribution in [3.8, 4) is 5.75 Å². The van der Waals surface area contributed by atoms with Crippen molar-refractivity contribution in [2.24, 2.45) is 0 Å². The van der Waals surface area contributed by atoms with Gasteiger partial charge in [-0.05, 0) is 24.3 Å². The molecule has 0 aliphatic carbocycles. The lowest BCUT2D eigenvalue weighted by Crippen LogP contribution is -2.51. The molecule has 0 spiro atoms. The molecule has 8 heteroatoms. The van der Waals surface area contributed by atoms with E-state index in [1.807, 2.05) is 42.3 Å². The van der Waals surface area contributed by atoms with E-state index >= 15 is 0 Å². The fourth-order valence-corrected chi connectivity index (χ4v) is 3.84. The number of anilines is 2. The summed E-state index contributed by atoms with van der Waals surface area (Å²) in [4.78, 5) is 14.6. The van der Waals surface area contributed by atoms with Crippen LogP contribution in [0.25, 0.3) is 0 Å². The van der Waals surface area contributed by atoms with E-state index in [1.165, 1.54) is 4.31 Å². The molecule has 0 saturated heterocycles. The number of hydrogen-bond acceptors (Lipinski definition) is 5. The fourth-order valence-electron chi connectivity index (χ4n) is 2.93. The average Bonchev–Trinajstić information content (AvgIpc) is 2.66. The van der Waals surface area contributed by atoms with Crippen molar-refractivity contribution in [2.45, 2.75) is 6.10 Å². The number of carbonyl (C=O) groups excluding carboxylic acids is 1. The van der Waals surface area contributed by atoms with Crippen LogP contribution in [0.15, 0.2) is 54.6 Å². The Bertz CT molecular complexity index is 902. The van der Waals surface area contributed by atoms with E-state index < -0.39 is 16.1 Å². The summed E-state index contributed by atoms with van der Waals surface area (Å²) in [6.07, 6.45) is 0.232. The summed E-state index contributed by atoms with van der Waals surface area (Å²) in [6, 6.07) is 16.7. The van der Waals surface area contributed by atoms with E-state index in [4.69, 9.17) is 4.74 Å². The van der Waals surface area contributed by atoms with Crippen LogP contribution in [0, 0.1) is 0 Å². The van der Waals surface area contributed by atoms with Crippen molar-refractivity contribution in [3.63, 3.8) is 0 Å². The van der Waals surface area contributed by atoms with Crippen molar-refractivity contribution in [1.82, 2.24) is 5.32 Å². The zero-order valence-electron chi connectivity index (χ0n) is 15.3. The quantitative estimate of drug-likeness (QED) is 0.809. The van der Waals surface area contributed by atoms with Crippen LogP contribution in [-0.2, 0) is 14.8 Å². The molecule has 2 aromatic carbocycles. The number of rotatable bonds is 6. The van der Waals surface area contributed by atoms with Crippen LogP contribution < -0.4 is 19.3 Å². The van der Waals surface area contributed by atoms with E-state index in [-0.39, 0.29) is 12.5 Å². The Morgan fingerprint density at radius 3 is 2.56 bits per heavy atom. The first-order valence-electron chi connectivity index (χ1n) is 8.63. The van der Waals surface area contributed by atoms with Crippen molar-refractivity contribution < 1.29 is 17.9 Å². The van der Waals surface area contributed by atoms with Gasteiger partial charge in [-0.25, -0.2) is 8.42 Å². The van der Waals surface area contributed by atoms with Gasteiger partial charge in [-0.3, -0.25) is 9.10 Å². The Balaban J connectivity index is 1.62. The van der Waals surface area contributed by atoms with Gasteiger partial charge in [0.05, 0.1) is 18.5 Å². The van der Waals surface area contributed by atoms with Crippen LogP contribution in [0.5, 0.6) is 5.75 Å². The lowest BCUT2D eigenvalue weighted by molar-refractivity contribution is -0.127. The average molecular weight is 389 g/mol. The van der Waals surface area contributed by atoms with Gasteiger partial charge in [0.2, 0.25) is 10.0 Å².